The van der Waals surface area contributed by atoms with Crippen LogP contribution < -0.4 is 15.2 Å². The predicted octanol–water partition coefficient (Wildman–Crippen LogP) is 2.96. The first-order valence-electron chi connectivity index (χ1n) is 13.7. The number of hydrogen-bond donors (Lipinski definition) is 4. The van der Waals surface area contributed by atoms with E-state index < -0.39 is 28.1 Å². The van der Waals surface area contributed by atoms with Crippen molar-refractivity contribution < 1.29 is 37.8 Å². The van der Waals surface area contributed by atoms with E-state index in [1.165, 1.54) is 0 Å². The molecule has 0 aliphatic heterocycles. The van der Waals surface area contributed by atoms with Crippen molar-refractivity contribution in [2.45, 2.75) is 70.5 Å². The lowest BCUT2D eigenvalue weighted by atomic mass is 9.90. The zero-order valence-corrected chi connectivity index (χ0v) is 24.7. The van der Waals surface area contributed by atoms with Gasteiger partial charge < -0.3 is 20.7 Å². The van der Waals surface area contributed by atoms with Crippen LogP contribution in [-0.2, 0) is 24.4 Å². The summed E-state index contributed by atoms with van der Waals surface area (Å²) in [6.07, 6.45) is 14.2. The van der Waals surface area contributed by atoms with Gasteiger partial charge in [-0.25, -0.2) is 8.42 Å². The van der Waals surface area contributed by atoms with Crippen LogP contribution >= 0.6 is 0 Å². The largest absolute Gasteiger partial charge is 0.491 e. The number of nitrogens with two attached hydrogens (primary N) is 1. The maximum absolute atomic E-state index is 12.3. The topological polar surface area (TPSA) is 173 Å². The average Bonchev–Trinajstić information content (AvgIpc) is 3.17. The fourth-order valence-electron chi connectivity index (χ4n) is 4.10. The third kappa shape index (κ3) is 17.2. The Kier molecular flexibility index (Phi) is 17.2. The van der Waals surface area contributed by atoms with E-state index in [4.69, 9.17) is 10.5 Å². The first-order valence-corrected chi connectivity index (χ1v) is 15.6. The number of amides is 2. The van der Waals surface area contributed by atoms with E-state index in [2.05, 4.69) is 0 Å². The van der Waals surface area contributed by atoms with Crippen LogP contribution in [0.2, 0.25) is 0 Å². The van der Waals surface area contributed by atoms with Crippen molar-refractivity contribution in [2.24, 2.45) is 17.6 Å². The summed E-state index contributed by atoms with van der Waals surface area (Å²) in [4.78, 5) is 33.9. The molecule has 2 amide bonds. The number of carbonyl (C=O) groups excluding carboxylic acids is 3. The van der Waals surface area contributed by atoms with Crippen LogP contribution in [0.15, 0.2) is 66.8 Å². The van der Waals surface area contributed by atoms with Gasteiger partial charge in [-0.2, -0.15) is 0 Å². The minimum atomic E-state index is -3.54. The Labute approximate surface area is 243 Å². The van der Waals surface area contributed by atoms with Crippen LogP contribution in [-0.4, -0.2) is 61.3 Å². The van der Waals surface area contributed by atoms with Crippen molar-refractivity contribution in [3.63, 3.8) is 0 Å². The lowest BCUT2D eigenvalue weighted by Crippen LogP contribution is -2.28. The number of sulfonamides is 1. The molecule has 0 spiro atoms. The molecule has 5 N–H and O–H groups in total. The van der Waals surface area contributed by atoms with E-state index in [1.54, 1.807) is 24.3 Å². The summed E-state index contributed by atoms with van der Waals surface area (Å²) in [5, 5.41) is 20.4. The highest BCUT2D eigenvalue weighted by Gasteiger charge is 2.39. The minimum Gasteiger partial charge on any atom is -0.491 e. The summed E-state index contributed by atoms with van der Waals surface area (Å²) < 4.78 is 29.4. The van der Waals surface area contributed by atoms with Crippen LogP contribution in [0.5, 0.6) is 5.75 Å². The summed E-state index contributed by atoms with van der Waals surface area (Å²) in [5.74, 6) is -0.908. The van der Waals surface area contributed by atoms with Gasteiger partial charge in [0, 0.05) is 31.1 Å². The minimum absolute atomic E-state index is 0.0284. The Bertz CT molecular complexity index is 1130. The number of benzene rings is 1. The van der Waals surface area contributed by atoms with Crippen molar-refractivity contribution in [3.8, 4) is 5.75 Å². The summed E-state index contributed by atoms with van der Waals surface area (Å²) in [5.41, 5.74) is 4.91. The second kappa shape index (κ2) is 19.7. The van der Waals surface area contributed by atoms with Crippen molar-refractivity contribution >= 4 is 27.6 Å². The molecule has 228 valence electrons. The molecule has 0 heterocycles. The number of nitrogens with one attached hydrogen (secondary N) is 1. The lowest BCUT2D eigenvalue weighted by Gasteiger charge is -2.17. The van der Waals surface area contributed by atoms with E-state index >= 15 is 0 Å². The molecular weight excluding hydrogens is 548 g/mol. The van der Waals surface area contributed by atoms with Gasteiger partial charge in [-0.15, -0.1) is 0 Å². The molecule has 1 saturated carbocycles. The van der Waals surface area contributed by atoms with Gasteiger partial charge in [-0.3, -0.25) is 19.1 Å². The fraction of sp³-hybridized carbons (Fsp3) is 0.500. The Morgan fingerprint density at radius 2 is 1.78 bits per heavy atom. The summed E-state index contributed by atoms with van der Waals surface area (Å²) in [6, 6.07) is 9.11. The molecule has 0 saturated heterocycles. The van der Waals surface area contributed by atoms with Crippen LogP contribution in [0, 0.1) is 11.8 Å². The zero-order valence-electron chi connectivity index (χ0n) is 23.9. The van der Waals surface area contributed by atoms with Gasteiger partial charge in [0.15, 0.2) is 0 Å². The van der Waals surface area contributed by atoms with Crippen molar-refractivity contribution in [2.75, 3.05) is 12.9 Å². The Hall–Kier alpha value is -3.28. The Morgan fingerprint density at radius 1 is 1.12 bits per heavy atom. The molecule has 0 aromatic heterocycles. The normalized spacial score (nSPS) is 19.8. The van der Waals surface area contributed by atoms with Gasteiger partial charge in [0.25, 0.3) is 0 Å². The number of unbranched alkanes of at least 4 members (excludes halogenated alkanes) is 2. The predicted molar refractivity (Wildman–Crippen MR) is 158 cm³/mol. The number of hydrogen-bond acceptors (Lipinski definition) is 8. The summed E-state index contributed by atoms with van der Waals surface area (Å²) in [7, 11) is -3.54. The summed E-state index contributed by atoms with van der Waals surface area (Å²) >= 11 is 0. The molecule has 4 atom stereocenters. The smallest absolute Gasteiger partial charge is 0.233 e. The molecule has 0 bridgehead atoms. The third-order valence-electron chi connectivity index (χ3n) is 6.11. The van der Waals surface area contributed by atoms with Crippen molar-refractivity contribution in [1.29, 1.82) is 0 Å². The molecular formula is C30H44N2O8S. The average molecular weight is 593 g/mol. The van der Waals surface area contributed by atoms with E-state index in [0.717, 1.165) is 19.1 Å². The highest BCUT2D eigenvalue weighted by molar-refractivity contribution is 7.89. The van der Waals surface area contributed by atoms with Gasteiger partial charge in [-0.05, 0) is 51.2 Å². The summed E-state index contributed by atoms with van der Waals surface area (Å²) in [6.45, 7) is 2.03. The lowest BCUT2D eigenvalue weighted by molar-refractivity contribution is -0.121. The number of carbonyl (C=O) groups is 3. The molecule has 41 heavy (non-hydrogen) atoms. The molecule has 0 radical (unpaired) electrons. The van der Waals surface area contributed by atoms with E-state index in [9.17, 15) is 33.0 Å². The molecule has 10 nitrogen and oxygen atoms in total. The van der Waals surface area contributed by atoms with Crippen LogP contribution in [0.1, 0.15) is 58.3 Å². The number of ketones is 1. The first-order chi connectivity index (χ1) is 19.4. The molecule has 1 aromatic rings. The third-order valence-corrected chi connectivity index (χ3v) is 6.71. The highest BCUT2D eigenvalue weighted by Crippen LogP contribution is 2.33. The van der Waals surface area contributed by atoms with Gasteiger partial charge in [0.1, 0.15) is 24.2 Å². The number of primary amides is 1. The number of para-hydroxylation sites is 1. The van der Waals surface area contributed by atoms with Crippen LogP contribution in [0.4, 0.5) is 0 Å². The van der Waals surface area contributed by atoms with Gasteiger partial charge in [0.2, 0.25) is 21.8 Å². The van der Waals surface area contributed by atoms with Crippen LogP contribution in [0.25, 0.3) is 0 Å². The number of aliphatic hydroxyl groups excluding tert-OH is 2. The van der Waals surface area contributed by atoms with Gasteiger partial charge >= 0.3 is 0 Å². The molecule has 1 fully saturated rings. The van der Waals surface area contributed by atoms with E-state index in [0.29, 0.717) is 31.4 Å². The second-order valence-corrected chi connectivity index (χ2v) is 11.6. The molecule has 1 aliphatic carbocycles. The number of allylic oxidation sites excluding steroid dienone is 4. The molecule has 0 unspecified atom stereocenters. The van der Waals surface area contributed by atoms with E-state index in [-0.39, 0.29) is 43.0 Å². The quantitative estimate of drug-likeness (QED) is 0.167. The molecule has 2 rings (SSSR count). The standard InChI is InChI=1S/C23H31NO7S.C7H13NO/c1-32(29,30)24-23(28)12-8-3-2-7-11-19-20(22(27)15-21(19)26)14-13-17(25)16-31-18-9-5-4-6-10-18;1-2-3-4-5-6-7(8)9/h2,4-7,9-10,13-14,17,19-20,22,25,27H,3,8,11-12,15-16H2,1H3,(H,24,28);2-3H,4-6H2,1H3,(H2,8,9)/b7-2-,14-13+;3-2+/t17-,19-,20-,22-;/m1./s1. The number of Topliss-reactive ketones (excluding diaryl/α,β-unsaturated/α-hetero) is 1. The molecule has 1 aliphatic rings. The Morgan fingerprint density at radius 3 is 2.41 bits per heavy atom. The number of ether oxygens (including phenoxy) is 1. The first kappa shape index (κ1) is 35.7. The maximum atomic E-state index is 12.3. The SMILES string of the molecule is C/C=C/CCCC(N)=O.CS(=O)(=O)NC(=O)CCC/C=C\C[C@H]1C(=O)C[C@@H](O)[C@@H]1/C=C/[C@@H](O)COc1ccccc1. The zero-order chi connectivity index (χ0) is 30.7. The van der Waals surface area contributed by atoms with Gasteiger partial charge in [0.05, 0.1) is 12.4 Å². The van der Waals surface area contributed by atoms with Gasteiger partial charge in [-0.1, -0.05) is 54.7 Å². The second-order valence-electron chi connectivity index (χ2n) is 9.82. The van der Waals surface area contributed by atoms with Crippen LogP contribution in [0.3, 0.4) is 0 Å². The molecule has 11 heteroatoms. The molecule has 1 aromatic carbocycles. The maximum Gasteiger partial charge on any atom is 0.233 e. The highest BCUT2D eigenvalue weighted by atomic mass is 32.2. The number of rotatable bonds is 16. The fourth-order valence-corrected chi connectivity index (χ4v) is 4.61. The van der Waals surface area contributed by atoms with Crippen molar-refractivity contribution in [1.82, 2.24) is 4.72 Å². The Balaban J connectivity index is 0.000000803. The monoisotopic (exact) mass is 592 g/mol. The van der Waals surface area contributed by atoms with E-state index in [1.807, 2.05) is 54.1 Å². The van der Waals surface area contributed by atoms with Crippen molar-refractivity contribution in [3.05, 3.63) is 66.8 Å². The number of aliphatic hydroxyl groups is 2.